The second-order valence-corrected chi connectivity index (χ2v) is 4.62. The summed E-state index contributed by atoms with van der Waals surface area (Å²) in [4.78, 5) is 2.57. The monoisotopic (exact) mass is 203 g/mol. The molecule has 2 heteroatoms. The normalized spacial score (nSPS) is 19.7. The number of hydrogen-bond acceptors (Lipinski definition) is 2. The van der Waals surface area contributed by atoms with Crippen LogP contribution in [-0.4, -0.2) is 0 Å². The molecule has 1 aliphatic carbocycles. The maximum Gasteiger partial charge on any atom is 0.140 e. The molecule has 0 atom stereocenters. The van der Waals surface area contributed by atoms with Gasteiger partial charge in [0.05, 0.1) is 4.90 Å². The van der Waals surface area contributed by atoms with Crippen LogP contribution in [0.25, 0.3) is 0 Å². The van der Waals surface area contributed by atoms with Crippen LogP contribution >= 0.6 is 11.8 Å². The van der Waals surface area contributed by atoms with Crippen LogP contribution in [0.15, 0.2) is 39.8 Å². The van der Waals surface area contributed by atoms with Crippen molar-refractivity contribution in [1.82, 2.24) is 0 Å². The zero-order valence-corrected chi connectivity index (χ0v) is 8.64. The van der Waals surface area contributed by atoms with Crippen LogP contribution in [0.5, 0.6) is 5.75 Å². The molecule has 0 aromatic heterocycles. The Morgan fingerprint density at radius 1 is 1.21 bits per heavy atom. The highest BCUT2D eigenvalue weighted by atomic mass is 32.2. The highest BCUT2D eigenvalue weighted by molar-refractivity contribution is 8.03. The van der Waals surface area contributed by atoms with Crippen LogP contribution in [0.1, 0.15) is 19.3 Å². The van der Waals surface area contributed by atoms with Gasteiger partial charge in [0.25, 0.3) is 0 Å². The summed E-state index contributed by atoms with van der Waals surface area (Å²) in [5, 5.41) is 0. The predicted molar refractivity (Wildman–Crippen MR) is 58.1 cm³/mol. The average molecular weight is 203 g/mol. The zero-order valence-electron chi connectivity index (χ0n) is 7.82. The molecule has 1 nitrogen and oxygen atoms in total. The molecule has 1 aliphatic heterocycles. The predicted octanol–water partition coefficient (Wildman–Crippen LogP) is 3.77. The Labute approximate surface area is 88.2 Å². The zero-order chi connectivity index (χ0) is 9.38. The molecule has 1 aromatic rings. The van der Waals surface area contributed by atoms with E-state index in [9.17, 15) is 0 Å². The van der Waals surface area contributed by atoms with E-state index < -0.39 is 0 Å². The number of para-hydroxylation sites is 1. The maximum atomic E-state index is 5.86. The van der Waals surface area contributed by atoms with E-state index in [1.54, 1.807) is 0 Å². The molecular formula is C12H11OS. The number of benzene rings is 1. The van der Waals surface area contributed by atoms with Crippen molar-refractivity contribution >= 4 is 11.8 Å². The van der Waals surface area contributed by atoms with Gasteiger partial charge < -0.3 is 4.74 Å². The molecule has 14 heavy (non-hydrogen) atoms. The van der Waals surface area contributed by atoms with Crippen LogP contribution in [-0.2, 0) is 0 Å². The van der Waals surface area contributed by atoms with Gasteiger partial charge in [-0.25, -0.2) is 0 Å². The molecule has 0 saturated heterocycles. The molecule has 71 valence electrons. The first-order valence-electron chi connectivity index (χ1n) is 4.94. The van der Waals surface area contributed by atoms with Gasteiger partial charge in [0.15, 0.2) is 0 Å². The van der Waals surface area contributed by atoms with Crippen LogP contribution in [0.2, 0.25) is 0 Å². The second kappa shape index (κ2) is 3.35. The SMILES string of the molecule is [CH]1CCCC2=C1Sc1ccccc1O2. The molecule has 0 unspecified atom stereocenters. The van der Waals surface area contributed by atoms with Gasteiger partial charge in [-0.2, -0.15) is 0 Å². The molecule has 2 aliphatic rings. The lowest BCUT2D eigenvalue weighted by molar-refractivity contribution is 0.378. The highest BCUT2D eigenvalue weighted by Crippen LogP contribution is 2.45. The Bertz CT molecular complexity index is 358. The third-order valence-corrected chi connectivity index (χ3v) is 3.69. The summed E-state index contributed by atoms with van der Waals surface area (Å²) in [6.07, 6.45) is 5.80. The fourth-order valence-electron chi connectivity index (χ4n) is 1.80. The van der Waals surface area contributed by atoms with E-state index in [1.807, 2.05) is 23.9 Å². The first kappa shape index (κ1) is 8.42. The lowest BCUT2D eigenvalue weighted by Crippen LogP contribution is -2.08. The molecule has 0 N–H and O–H groups in total. The minimum atomic E-state index is 1.02. The Hall–Kier alpha value is -0.890. The largest absolute Gasteiger partial charge is 0.460 e. The van der Waals surface area contributed by atoms with Gasteiger partial charge in [-0.1, -0.05) is 23.9 Å². The summed E-state index contributed by atoms with van der Waals surface area (Å²) >= 11 is 1.84. The third-order valence-electron chi connectivity index (χ3n) is 2.51. The van der Waals surface area contributed by atoms with Gasteiger partial charge in [0, 0.05) is 17.7 Å². The lowest BCUT2D eigenvalue weighted by Gasteiger charge is -2.25. The average Bonchev–Trinajstić information content (AvgIpc) is 2.26. The van der Waals surface area contributed by atoms with Gasteiger partial charge in [-0.3, -0.25) is 0 Å². The number of ether oxygens (including phenoxy) is 1. The van der Waals surface area contributed by atoms with Crippen molar-refractivity contribution in [2.45, 2.75) is 24.2 Å². The van der Waals surface area contributed by atoms with Gasteiger partial charge >= 0.3 is 0 Å². The molecule has 1 heterocycles. The van der Waals surface area contributed by atoms with E-state index in [-0.39, 0.29) is 0 Å². The van der Waals surface area contributed by atoms with Gasteiger partial charge in [-0.15, -0.1) is 0 Å². The van der Waals surface area contributed by atoms with E-state index in [4.69, 9.17) is 4.74 Å². The van der Waals surface area contributed by atoms with Crippen molar-refractivity contribution in [3.63, 3.8) is 0 Å². The Morgan fingerprint density at radius 2 is 2.14 bits per heavy atom. The van der Waals surface area contributed by atoms with Crippen LogP contribution in [0.4, 0.5) is 0 Å². The van der Waals surface area contributed by atoms with Crippen molar-refractivity contribution in [1.29, 1.82) is 0 Å². The van der Waals surface area contributed by atoms with Crippen LogP contribution in [0.3, 0.4) is 0 Å². The molecule has 1 radical (unpaired) electrons. The summed E-state index contributed by atoms with van der Waals surface area (Å²) in [5.74, 6) is 2.19. The third kappa shape index (κ3) is 1.34. The maximum absolute atomic E-state index is 5.86. The van der Waals surface area contributed by atoms with E-state index in [0.717, 1.165) is 12.2 Å². The Morgan fingerprint density at radius 3 is 3.14 bits per heavy atom. The van der Waals surface area contributed by atoms with Crippen molar-refractivity contribution in [2.24, 2.45) is 0 Å². The summed E-state index contributed by atoms with van der Waals surface area (Å²) in [6.45, 7) is 0. The topological polar surface area (TPSA) is 9.23 Å². The molecule has 0 fully saturated rings. The van der Waals surface area contributed by atoms with Gasteiger partial charge in [-0.05, 0) is 25.0 Å². The van der Waals surface area contributed by atoms with Crippen LogP contribution < -0.4 is 4.74 Å². The fourth-order valence-corrected chi connectivity index (χ4v) is 2.86. The quantitative estimate of drug-likeness (QED) is 0.634. The number of hydrogen-bond donors (Lipinski definition) is 0. The standard InChI is InChI=1S/C12H11OS/c1-3-7-11-9(5-1)13-10-6-2-4-8-12(10)14-11/h1,3,5,7-8H,2,4,6H2. The van der Waals surface area contributed by atoms with Crippen molar-refractivity contribution in [3.8, 4) is 5.75 Å². The lowest BCUT2D eigenvalue weighted by atomic mass is 10.1. The van der Waals surface area contributed by atoms with E-state index in [2.05, 4.69) is 18.6 Å². The minimum absolute atomic E-state index is 1.02. The summed E-state index contributed by atoms with van der Waals surface area (Å²) in [5.41, 5.74) is 0. The number of rotatable bonds is 0. The Kier molecular flexibility index (Phi) is 2.02. The number of thioether (sulfide) groups is 1. The first-order valence-corrected chi connectivity index (χ1v) is 5.76. The second-order valence-electron chi connectivity index (χ2n) is 3.53. The van der Waals surface area contributed by atoms with E-state index in [0.29, 0.717) is 0 Å². The summed E-state index contributed by atoms with van der Waals surface area (Å²) in [7, 11) is 0. The fraction of sp³-hybridized carbons (Fsp3) is 0.250. The molecule has 3 rings (SSSR count). The number of allylic oxidation sites excluding steroid dienone is 2. The van der Waals surface area contributed by atoms with Crippen LogP contribution in [0, 0.1) is 6.42 Å². The molecule has 1 aromatic carbocycles. The van der Waals surface area contributed by atoms with E-state index >= 15 is 0 Å². The molecule has 0 amide bonds. The van der Waals surface area contributed by atoms with Crippen molar-refractivity contribution < 1.29 is 4.74 Å². The van der Waals surface area contributed by atoms with Gasteiger partial charge in [0.1, 0.15) is 11.5 Å². The number of fused-ring (bicyclic) bond motifs is 1. The van der Waals surface area contributed by atoms with E-state index in [1.165, 1.54) is 28.4 Å². The van der Waals surface area contributed by atoms with Gasteiger partial charge in [0.2, 0.25) is 0 Å². The molecular weight excluding hydrogens is 192 g/mol. The Balaban J connectivity index is 1.99. The molecule has 0 spiro atoms. The molecule has 0 saturated carbocycles. The highest BCUT2D eigenvalue weighted by Gasteiger charge is 2.22. The van der Waals surface area contributed by atoms with Crippen molar-refractivity contribution in [2.75, 3.05) is 0 Å². The minimum Gasteiger partial charge on any atom is -0.460 e. The summed E-state index contributed by atoms with van der Waals surface area (Å²) in [6, 6.07) is 8.24. The molecule has 0 bridgehead atoms. The first-order chi connectivity index (χ1) is 6.93. The smallest absolute Gasteiger partial charge is 0.140 e. The summed E-state index contributed by atoms with van der Waals surface area (Å²) < 4.78 is 5.86. The van der Waals surface area contributed by atoms with Crippen molar-refractivity contribution in [3.05, 3.63) is 41.4 Å².